The SMILES string of the molecule is CC(NC(=O)C[C@@H]1CCC[C@H]1N)c1cnn(C)c1.Cl. The normalized spacial score (nSPS) is 23.7. The Morgan fingerprint density at radius 3 is 2.89 bits per heavy atom. The Morgan fingerprint density at radius 1 is 1.63 bits per heavy atom. The quantitative estimate of drug-likeness (QED) is 0.882. The second-order valence-electron chi connectivity index (χ2n) is 5.30. The zero-order valence-electron chi connectivity index (χ0n) is 11.5. The van der Waals surface area contributed by atoms with Gasteiger partial charge in [-0.25, -0.2) is 0 Å². The van der Waals surface area contributed by atoms with Crippen LogP contribution in [0.4, 0.5) is 0 Å². The van der Waals surface area contributed by atoms with Crippen molar-refractivity contribution in [3.63, 3.8) is 0 Å². The lowest BCUT2D eigenvalue weighted by atomic mass is 9.99. The minimum Gasteiger partial charge on any atom is -0.349 e. The van der Waals surface area contributed by atoms with Gasteiger partial charge in [0.25, 0.3) is 0 Å². The molecule has 1 fully saturated rings. The molecule has 0 radical (unpaired) electrons. The lowest BCUT2D eigenvalue weighted by Gasteiger charge is -2.17. The number of halogens is 1. The fourth-order valence-corrected chi connectivity index (χ4v) is 2.60. The van der Waals surface area contributed by atoms with Gasteiger partial charge in [0, 0.05) is 31.3 Å². The number of hydrogen-bond acceptors (Lipinski definition) is 3. The molecule has 3 atom stereocenters. The minimum atomic E-state index is 0. The molecule has 1 aliphatic rings. The molecule has 5 nitrogen and oxygen atoms in total. The van der Waals surface area contributed by atoms with Crippen molar-refractivity contribution in [1.29, 1.82) is 0 Å². The average Bonchev–Trinajstić information content (AvgIpc) is 2.89. The van der Waals surface area contributed by atoms with Gasteiger partial charge in [0.2, 0.25) is 5.91 Å². The molecule has 1 aromatic rings. The summed E-state index contributed by atoms with van der Waals surface area (Å²) < 4.78 is 1.74. The smallest absolute Gasteiger partial charge is 0.220 e. The standard InChI is InChI=1S/C13H22N4O.ClH/c1-9(11-7-15-17(2)8-11)16-13(18)6-10-4-3-5-12(10)14;/h7-10,12H,3-6,14H2,1-2H3,(H,16,18);1H/t9?,10-,12+;/m0./s1. The number of carbonyl (C=O) groups excluding carboxylic acids is 1. The highest BCUT2D eigenvalue weighted by Crippen LogP contribution is 2.26. The number of aromatic nitrogens is 2. The molecule has 108 valence electrons. The molecular formula is C13H23ClN4O. The van der Waals surface area contributed by atoms with Crippen molar-refractivity contribution in [2.24, 2.45) is 18.7 Å². The number of amides is 1. The van der Waals surface area contributed by atoms with Crippen LogP contribution in [0.3, 0.4) is 0 Å². The molecule has 1 saturated carbocycles. The molecule has 2 rings (SSSR count). The summed E-state index contributed by atoms with van der Waals surface area (Å²) in [7, 11) is 1.87. The minimum absolute atomic E-state index is 0. The second kappa shape index (κ2) is 6.91. The molecule has 0 aliphatic heterocycles. The highest BCUT2D eigenvalue weighted by atomic mass is 35.5. The van der Waals surface area contributed by atoms with E-state index >= 15 is 0 Å². The second-order valence-corrected chi connectivity index (χ2v) is 5.30. The summed E-state index contributed by atoms with van der Waals surface area (Å²) in [5, 5.41) is 7.11. The summed E-state index contributed by atoms with van der Waals surface area (Å²) in [6, 6.07) is 0.202. The molecule has 1 amide bonds. The number of aryl methyl sites for hydroxylation is 1. The maximum atomic E-state index is 11.9. The topological polar surface area (TPSA) is 72.9 Å². The Bertz CT molecular complexity index is 421. The molecule has 3 N–H and O–H groups in total. The van der Waals surface area contributed by atoms with Gasteiger partial charge in [-0.15, -0.1) is 12.4 Å². The van der Waals surface area contributed by atoms with Crippen molar-refractivity contribution >= 4 is 18.3 Å². The fraction of sp³-hybridized carbons (Fsp3) is 0.692. The van der Waals surface area contributed by atoms with E-state index in [1.807, 2.05) is 20.2 Å². The van der Waals surface area contributed by atoms with E-state index in [1.54, 1.807) is 10.9 Å². The Balaban J connectivity index is 0.00000180. The fourth-order valence-electron chi connectivity index (χ4n) is 2.60. The van der Waals surface area contributed by atoms with Crippen LogP contribution in [0.1, 0.15) is 44.2 Å². The molecule has 6 heteroatoms. The van der Waals surface area contributed by atoms with Crippen molar-refractivity contribution in [3.8, 4) is 0 Å². The number of rotatable bonds is 4. The van der Waals surface area contributed by atoms with Crippen LogP contribution in [0.15, 0.2) is 12.4 Å². The summed E-state index contributed by atoms with van der Waals surface area (Å²) in [4.78, 5) is 11.9. The molecule has 1 aliphatic carbocycles. The number of nitrogens with two attached hydrogens (primary N) is 1. The molecule has 0 aromatic carbocycles. The lowest BCUT2D eigenvalue weighted by Crippen LogP contribution is -2.32. The first-order valence-corrected chi connectivity index (χ1v) is 6.59. The van der Waals surface area contributed by atoms with Crippen LogP contribution in [0, 0.1) is 5.92 Å². The monoisotopic (exact) mass is 286 g/mol. The molecule has 0 spiro atoms. The van der Waals surface area contributed by atoms with Gasteiger partial charge < -0.3 is 11.1 Å². The number of nitrogens with zero attached hydrogens (tertiary/aromatic N) is 2. The van der Waals surface area contributed by atoms with Crippen LogP contribution in [0.5, 0.6) is 0 Å². The maximum Gasteiger partial charge on any atom is 0.220 e. The van der Waals surface area contributed by atoms with E-state index in [2.05, 4.69) is 10.4 Å². The highest BCUT2D eigenvalue weighted by Gasteiger charge is 2.26. The third-order valence-electron chi connectivity index (χ3n) is 3.77. The first kappa shape index (κ1) is 16.0. The molecule has 1 aromatic heterocycles. The summed E-state index contributed by atoms with van der Waals surface area (Å²) in [6.45, 7) is 1.98. The molecule has 1 unspecified atom stereocenters. The van der Waals surface area contributed by atoms with Gasteiger partial charge in [0.1, 0.15) is 0 Å². The van der Waals surface area contributed by atoms with Crippen LogP contribution in [-0.2, 0) is 11.8 Å². The van der Waals surface area contributed by atoms with Crippen molar-refractivity contribution in [2.75, 3.05) is 0 Å². The summed E-state index contributed by atoms with van der Waals surface area (Å²) in [6.07, 6.45) is 7.54. The van der Waals surface area contributed by atoms with Crippen molar-refractivity contribution in [2.45, 2.75) is 44.7 Å². The zero-order valence-corrected chi connectivity index (χ0v) is 12.3. The summed E-state index contributed by atoms with van der Waals surface area (Å²) in [5.74, 6) is 0.444. The van der Waals surface area contributed by atoms with E-state index in [0.29, 0.717) is 12.3 Å². The largest absolute Gasteiger partial charge is 0.349 e. The highest BCUT2D eigenvalue weighted by molar-refractivity contribution is 5.85. The van der Waals surface area contributed by atoms with E-state index < -0.39 is 0 Å². The molecule has 19 heavy (non-hydrogen) atoms. The first-order chi connectivity index (χ1) is 8.56. The van der Waals surface area contributed by atoms with Crippen LogP contribution in [0.2, 0.25) is 0 Å². The van der Waals surface area contributed by atoms with E-state index in [0.717, 1.165) is 24.8 Å². The van der Waals surface area contributed by atoms with Crippen LogP contribution < -0.4 is 11.1 Å². The van der Waals surface area contributed by atoms with Crippen LogP contribution in [-0.4, -0.2) is 21.7 Å². The first-order valence-electron chi connectivity index (χ1n) is 6.59. The van der Waals surface area contributed by atoms with Gasteiger partial charge >= 0.3 is 0 Å². The van der Waals surface area contributed by atoms with Crippen LogP contribution >= 0.6 is 12.4 Å². The van der Waals surface area contributed by atoms with E-state index in [4.69, 9.17) is 5.73 Å². The van der Waals surface area contributed by atoms with Gasteiger partial charge in [-0.3, -0.25) is 9.48 Å². The molecular weight excluding hydrogens is 264 g/mol. The third-order valence-corrected chi connectivity index (χ3v) is 3.77. The van der Waals surface area contributed by atoms with Gasteiger partial charge in [-0.05, 0) is 25.7 Å². The van der Waals surface area contributed by atoms with Crippen molar-refractivity contribution < 1.29 is 4.79 Å². The summed E-state index contributed by atoms with van der Waals surface area (Å²) >= 11 is 0. The lowest BCUT2D eigenvalue weighted by molar-refractivity contribution is -0.122. The van der Waals surface area contributed by atoms with E-state index in [9.17, 15) is 4.79 Å². The van der Waals surface area contributed by atoms with E-state index in [1.165, 1.54) is 0 Å². The van der Waals surface area contributed by atoms with Crippen molar-refractivity contribution in [1.82, 2.24) is 15.1 Å². The number of nitrogens with one attached hydrogen (secondary N) is 1. The van der Waals surface area contributed by atoms with Gasteiger partial charge in [0.05, 0.1) is 12.2 Å². The van der Waals surface area contributed by atoms with Crippen molar-refractivity contribution in [3.05, 3.63) is 18.0 Å². The molecule has 1 heterocycles. The van der Waals surface area contributed by atoms with Gasteiger partial charge in [0.15, 0.2) is 0 Å². The van der Waals surface area contributed by atoms with E-state index in [-0.39, 0.29) is 30.4 Å². The third kappa shape index (κ3) is 4.21. The Morgan fingerprint density at radius 2 is 2.37 bits per heavy atom. The summed E-state index contributed by atoms with van der Waals surface area (Å²) in [5.41, 5.74) is 7.01. The Hall–Kier alpha value is -1.07. The Kier molecular flexibility index (Phi) is 5.82. The average molecular weight is 287 g/mol. The zero-order chi connectivity index (χ0) is 13.1. The van der Waals surface area contributed by atoms with Gasteiger partial charge in [-0.1, -0.05) is 6.42 Å². The number of carbonyl (C=O) groups is 1. The van der Waals surface area contributed by atoms with Crippen LogP contribution in [0.25, 0.3) is 0 Å². The predicted molar refractivity (Wildman–Crippen MR) is 76.9 cm³/mol. The maximum absolute atomic E-state index is 11.9. The Labute approximate surface area is 120 Å². The molecule has 0 bridgehead atoms. The van der Waals surface area contributed by atoms with Gasteiger partial charge in [-0.2, -0.15) is 5.10 Å². The molecule has 0 saturated heterocycles. The predicted octanol–water partition coefficient (Wildman–Crippen LogP) is 1.54. The number of hydrogen-bond donors (Lipinski definition) is 2.